The van der Waals surface area contributed by atoms with E-state index in [-0.39, 0.29) is 15.7 Å². The Morgan fingerprint density at radius 1 is 1.03 bits per heavy atom. The SMILES string of the molecule is COc1ccc(/C=C/C(=O)OC(C)C(=O)Nc2c(Cl)cc(Cl)cc2Cl)c(OC)c1. The summed E-state index contributed by atoms with van der Waals surface area (Å²) in [4.78, 5) is 24.3. The minimum atomic E-state index is -1.09. The smallest absolute Gasteiger partial charge is 0.331 e. The fraction of sp³-hybridized carbons (Fsp3) is 0.200. The maximum absolute atomic E-state index is 12.3. The summed E-state index contributed by atoms with van der Waals surface area (Å²) < 4.78 is 15.5. The highest BCUT2D eigenvalue weighted by atomic mass is 35.5. The van der Waals surface area contributed by atoms with Gasteiger partial charge in [0.1, 0.15) is 11.5 Å². The van der Waals surface area contributed by atoms with E-state index in [9.17, 15) is 9.59 Å². The summed E-state index contributed by atoms with van der Waals surface area (Å²) in [7, 11) is 3.04. The van der Waals surface area contributed by atoms with Crippen LogP contribution in [0.1, 0.15) is 12.5 Å². The summed E-state index contributed by atoms with van der Waals surface area (Å²) in [6.07, 6.45) is 1.61. The van der Waals surface area contributed by atoms with Crippen LogP contribution in [0.2, 0.25) is 15.1 Å². The third-order valence-electron chi connectivity index (χ3n) is 3.76. The van der Waals surface area contributed by atoms with Crippen molar-refractivity contribution in [1.29, 1.82) is 0 Å². The molecule has 1 N–H and O–H groups in total. The zero-order chi connectivity index (χ0) is 21.6. The fourth-order valence-electron chi connectivity index (χ4n) is 2.27. The minimum Gasteiger partial charge on any atom is -0.497 e. The van der Waals surface area contributed by atoms with E-state index < -0.39 is 18.0 Å². The molecular weight excluding hydrogens is 441 g/mol. The Bertz CT molecular complexity index is 923. The molecule has 154 valence electrons. The van der Waals surface area contributed by atoms with Crippen molar-refractivity contribution in [2.75, 3.05) is 19.5 Å². The molecule has 0 aromatic heterocycles. The largest absolute Gasteiger partial charge is 0.497 e. The van der Waals surface area contributed by atoms with Crippen molar-refractivity contribution >= 4 is 58.4 Å². The lowest BCUT2D eigenvalue weighted by Gasteiger charge is -2.14. The second-order valence-electron chi connectivity index (χ2n) is 5.75. The van der Waals surface area contributed by atoms with Gasteiger partial charge in [-0.25, -0.2) is 4.79 Å². The Morgan fingerprint density at radius 2 is 1.69 bits per heavy atom. The van der Waals surface area contributed by atoms with Gasteiger partial charge in [0.05, 0.1) is 30.0 Å². The lowest BCUT2D eigenvalue weighted by Crippen LogP contribution is -2.29. The molecule has 0 spiro atoms. The first kappa shape index (κ1) is 22.9. The van der Waals surface area contributed by atoms with E-state index >= 15 is 0 Å². The van der Waals surface area contributed by atoms with Gasteiger partial charge in [-0.05, 0) is 37.3 Å². The average Bonchev–Trinajstić information content (AvgIpc) is 2.68. The number of benzene rings is 2. The number of hydrogen-bond donors (Lipinski definition) is 1. The zero-order valence-corrected chi connectivity index (χ0v) is 18.1. The van der Waals surface area contributed by atoms with Crippen LogP contribution in [0.5, 0.6) is 11.5 Å². The predicted octanol–water partition coefficient (Wildman–Crippen LogP) is 5.25. The third-order valence-corrected chi connectivity index (χ3v) is 4.57. The van der Waals surface area contributed by atoms with Gasteiger partial charge in [-0.15, -0.1) is 0 Å². The summed E-state index contributed by atoms with van der Waals surface area (Å²) in [5, 5.41) is 3.18. The monoisotopic (exact) mass is 457 g/mol. The lowest BCUT2D eigenvalue weighted by atomic mass is 10.1. The standard InChI is InChI=1S/C20H18Cl3NO5/c1-11(20(26)24-19-15(22)8-13(21)9-16(19)23)29-18(25)7-5-12-4-6-14(27-2)10-17(12)28-3/h4-11H,1-3H3,(H,24,26)/b7-5+. The van der Waals surface area contributed by atoms with Gasteiger partial charge in [0.15, 0.2) is 6.10 Å². The maximum atomic E-state index is 12.3. The normalized spacial score (nSPS) is 11.8. The summed E-state index contributed by atoms with van der Waals surface area (Å²) in [6, 6.07) is 8.00. The van der Waals surface area contributed by atoms with Gasteiger partial charge in [-0.3, -0.25) is 4.79 Å². The third kappa shape index (κ3) is 6.29. The highest BCUT2D eigenvalue weighted by Crippen LogP contribution is 2.33. The quantitative estimate of drug-likeness (QED) is 0.453. The van der Waals surface area contributed by atoms with Crippen LogP contribution in [0.25, 0.3) is 6.08 Å². The van der Waals surface area contributed by atoms with E-state index in [0.29, 0.717) is 22.1 Å². The molecule has 1 unspecified atom stereocenters. The number of carbonyl (C=O) groups is 2. The van der Waals surface area contributed by atoms with E-state index in [2.05, 4.69) is 5.32 Å². The first-order valence-electron chi connectivity index (χ1n) is 8.31. The van der Waals surface area contributed by atoms with Gasteiger partial charge >= 0.3 is 5.97 Å². The number of anilines is 1. The highest BCUT2D eigenvalue weighted by molar-refractivity contribution is 6.42. The van der Waals surface area contributed by atoms with Crippen molar-refractivity contribution in [2.24, 2.45) is 0 Å². The Balaban J connectivity index is 2.02. The fourth-order valence-corrected chi connectivity index (χ4v) is 3.18. The molecule has 0 radical (unpaired) electrons. The number of hydrogen-bond acceptors (Lipinski definition) is 5. The number of methoxy groups -OCH3 is 2. The summed E-state index contributed by atoms with van der Waals surface area (Å²) in [5.74, 6) is -0.170. The number of nitrogens with one attached hydrogen (secondary N) is 1. The molecule has 2 aromatic carbocycles. The second kappa shape index (κ2) is 10.4. The maximum Gasteiger partial charge on any atom is 0.331 e. The van der Waals surface area contributed by atoms with Gasteiger partial charge < -0.3 is 19.5 Å². The summed E-state index contributed by atoms with van der Waals surface area (Å²) >= 11 is 17.9. The Labute approximate surface area is 183 Å². The van der Waals surface area contributed by atoms with Crippen LogP contribution in [-0.2, 0) is 14.3 Å². The van der Waals surface area contributed by atoms with Crippen LogP contribution in [0.3, 0.4) is 0 Å². The molecule has 6 nitrogen and oxygen atoms in total. The summed E-state index contributed by atoms with van der Waals surface area (Å²) in [5.41, 5.74) is 0.825. The number of carbonyl (C=O) groups excluding carboxylic acids is 2. The number of rotatable bonds is 7. The molecule has 2 rings (SSSR count). The van der Waals surface area contributed by atoms with E-state index in [1.165, 1.54) is 38.3 Å². The van der Waals surface area contributed by atoms with E-state index in [0.717, 1.165) is 0 Å². The Morgan fingerprint density at radius 3 is 2.28 bits per heavy atom. The molecule has 0 heterocycles. The minimum absolute atomic E-state index is 0.167. The molecule has 0 fully saturated rings. The van der Waals surface area contributed by atoms with Gasteiger partial charge in [0.25, 0.3) is 5.91 Å². The first-order chi connectivity index (χ1) is 13.7. The number of amides is 1. The van der Waals surface area contributed by atoms with Crippen LogP contribution < -0.4 is 14.8 Å². The molecule has 0 aliphatic heterocycles. The van der Waals surface area contributed by atoms with E-state index in [4.69, 9.17) is 49.0 Å². The molecule has 2 aromatic rings. The average molecular weight is 459 g/mol. The van der Waals surface area contributed by atoms with Crippen molar-refractivity contribution in [2.45, 2.75) is 13.0 Å². The van der Waals surface area contributed by atoms with Crippen LogP contribution in [0, 0.1) is 0 Å². The molecule has 1 amide bonds. The van der Waals surface area contributed by atoms with Crippen molar-refractivity contribution in [3.05, 3.63) is 57.0 Å². The van der Waals surface area contributed by atoms with Gasteiger partial charge in [0.2, 0.25) is 0 Å². The number of esters is 1. The summed E-state index contributed by atoms with van der Waals surface area (Å²) in [6.45, 7) is 1.42. The molecule has 0 saturated carbocycles. The first-order valence-corrected chi connectivity index (χ1v) is 9.44. The van der Waals surface area contributed by atoms with Crippen LogP contribution in [-0.4, -0.2) is 32.2 Å². The lowest BCUT2D eigenvalue weighted by molar-refractivity contribution is -0.148. The Kier molecular flexibility index (Phi) is 8.20. The second-order valence-corrected chi connectivity index (χ2v) is 7.00. The van der Waals surface area contributed by atoms with Crippen LogP contribution >= 0.6 is 34.8 Å². The van der Waals surface area contributed by atoms with Gasteiger partial charge in [-0.1, -0.05) is 34.8 Å². The number of ether oxygens (including phenoxy) is 3. The van der Waals surface area contributed by atoms with Crippen molar-refractivity contribution in [1.82, 2.24) is 0 Å². The van der Waals surface area contributed by atoms with Crippen molar-refractivity contribution in [3.8, 4) is 11.5 Å². The van der Waals surface area contributed by atoms with Crippen molar-refractivity contribution < 1.29 is 23.8 Å². The number of halogens is 3. The molecular formula is C20H18Cl3NO5. The molecule has 0 bridgehead atoms. The van der Waals surface area contributed by atoms with E-state index in [1.54, 1.807) is 25.3 Å². The van der Waals surface area contributed by atoms with Crippen LogP contribution in [0.15, 0.2) is 36.4 Å². The van der Waals surface area contributed by atoms with E-state index in [1.807, 2.05) is 0 Å². The highest BCUT2D eigenvalue weighted by Gasteiger charge is 2.19. The van der Waals surface area contributed by atoms with Crippen molar-refractivity contribution in [3.63, 3.8) is 0 Å². The Hall–Kier alpha value is -2.41. The molecule has 29 heavy (non-hydrogen) atoms. The van der Waals surface area contributed by atoms with Crippen LogP contribution in [0.4, 0.5) is 5.69 Å². The predicted molar refractivity (Wildman–Crippen MR) is 114 cm³/mol. The molecule has 1 atom stereocenters. The molecule has 0 saturated heterocycles. The molecule has 0 aliphatic carbocycles. The van der Waals surface area contributed by atoms with Gasteiger partial charge in [0, 0.05) is 22.7 Å². The topological polar surface area (TPSA) is 73.9 Å². The molecule has 9 heteroatoms. The van der Waals surface area contributed by atoms with Gasteiger partial charge in [-0.2, -0.15) is 0 Å². The zero-order valence-electron chi connectivity index (χ0n) is 15.8. The molecule has 0 aliphatic rings.